The maximum absolute atomic E-state index is 12.2. The molecule has 11 heteroatoms. The first kappa shape index (κ1) is 24.1. The zero-order chi connectivity index (χ0) is 25.4. The Morgan fingerprint density at radius 2 is 1.86 bits per heavy atom. The molecular formula is C25H23ClN6O3S. The Morgan fingerprint density at radius 1 is 1.14 bits per heavy atom. The average Bonchev–Trinajstić information content (AvgIpc) is 3.61. The summed E-state index contributed by atoms with van der Waals surface area (Å²) in [5.74, 6) is 0.733. The van der Waals surface area contributed by atoms with E-state index in [-0.39, 0.29) is 23.1 Å². The van der Waals surface area contributed by atoms with Gasteiger partial charge in [-0.3, -0.25) is 4.72 Å². The average molecular weight is 523 g/mol. The van der Waals surface area contributed by atoms with E-state index in [0.29, 0.717) is 17.0 Å². The summed E-state index contributed by atoms with van der Waals surface area (Å²) in [5.41, 5.74) is 3.45. The van der Waals surface area contributed by atoms with Crippen molar-refractivity contribution in [1.29, 1.82) is 5.26 Å². The molecule has 184 valence electrons. The number of anilines is 1. The summed E-state index contributed by atoms with van der Waals surface area (Å²) in [4.78, 5) is 8.12. The van der Waals surface area contributed by atoms with E-state index in [1.165, 1.54) is 12.4 Å². The van der Waals surface area contributed by atoms with Gasteiger partial charge in [-0.2, -0.15) is 18.4 Å². The second kappa shape index (κ2) is 9.43. The van der Waals surface area contributed by atoms with E-state index in [1.807, 2.05) is 24.3 Å². The normalized spacial score (nSPS) is 13.6. The van der Waals surface area contributed by atoms with E-state index in [9.17, 15) is 13.7 Å². The van der Waals surface area contributed by atoms with Crippen molar-refractivity contribution in [2.24, 2.45) is 0 Å². The molecule has 2 aromatic heterocycles. The number of ether oxygens (including phenoxy) is 1. The fourth-order valence-electron chi connectivity index (χ4n) is 4.14. The van der Waals surface area contributed by atoms with Crippen molar-refractivity contribution < 1.29 is 13.2 Å². The summed E-state index contributed by atoms with van der Waals surface area (Å²) in [5, 5.41) is 11.1. The molecule has 2 N–H and O–H groups in total. The minimum Gasteiger partial charge on any atom is -0.436 e. The number of nitrogens with zero attached hydrogens (tertiary/aromatic N) is 4. The number of aromatic nitrogens is 3. The van der Waals surface area contributed by atoms with Gasteiger partial charge in [0, 0.05) is 41.6 Å². The van der Waals surface area contributed by atoms with E-state index >= 15 is 0 Å². The van der Waals surface area contributed by atoms with Crippen LogP contribution in [-0.2, 0) is 10.2 Å². The molecule has 9 nitrogen and oxygen atoms in total. The maximum Gasteiger partial charge on any atom is 0.299 e. The minimum atomic E-state index is -3.68. The third kappa shape index (κ3) is 4.86. The molecule has 0 aliphatic heterocycles. The van der Waals surface area contributed by atoms with Gasteiger partial charge in [0.05, 0.1) is 16.8 Å². The highest BCUT2D eigenvalue weighted by atomic mass is 35.5. The lowest BCUT2D eigenvalue weighted by molar-refractivity contribution is 0.461. The van der Waals surface area contributed by atoms with Crippen molar-refractivity contribution in [1.82, 2.24) is 19.3 Å². The lowest BCUT2D eigenvalue weighted by Gasteiger charge is -2.13. The zero-order valence-electron chi connectivity index (χ0n) is 19.6. The Labute approximate surface area is 213 Å². The SMILES string of the molecule is CC(C)NS(=O)(=O)Nc1ccc(-c2c(C#N)c3ccc(Oc4nccnc4Cl)cc3n2C2CC2)cc1. The van der Waals surface area contributed by atoms with Gasteiger partial charge in [-0.25, -0.2) is 9.97 Å². The molecule has 0 spiro atoms. The Kier molecular flexibility index (Phi) is 6.30. The fraction of sp³-hybridized carbons (Fsp3) is 0.240. The number of benzene rings is 2. The molecule has 0 atom stereocenters. The minimum absolute atomic E-state index is 0.160. The van der Waals surface area contributed by atoms with Gasteiger partial charge in [0.15, 0.2) is 5.15 Å². The lowest BCUT2D eigenvalue weighted by Crippen LogP contribution is -2.35. The molecular weight excluding hydrogens is 500 g/mol. The van der Waals surface area contributed by atoms with Crippen LogP contribution in [0.4, 0.5) is 5.69 Å². The molecule has 2 aromatic carbocycles. The van der Waals surface area contributed by atoms with E-state index in [0.717, 1.165) is 35.0 Å². The van der Waals surface area contributed by atoms with E-state index in [2.05, 4.69) is 30.0 Å². The molecule has 2 heterocycles. The van der Waals surface area contributed by atoms with Gasteiger partial charge in [0.2, 0.25) is 0 Å². The van der Waals surface area contributed by atoms with Crippen LogP contribution in [0.2, 0.25) is 5.15 Å². The summed E-state index contributed by atoms with van der Waals surface area (Å²) in [6, 6.07) is 14.9. The van der Waals surface area contributed by atoms with Crippen LogP contribution in [0.5, 0.6) is 11.6 Å². The highest BCUT2D eigenvalue weighted by Gasteiger charge is 2.31. The van der Waals surface area contributed by atoms with E-state index < -0.39 is 10.2 Å². The number of nitrogens with one attached hydrogen (secondary N) is 2. The first-order valence-corrected chi connectivity index (χ1v) is 13.2. The lowest BCUT2D eigenvalue weighted by atomic mass is 10.1. The van der Waals surface area contributed by atoms with E-state index in [1.54, 1.807) is 32.0 Å². The number of hydrogen-bond acceptors (Lipinski definition) is 6. The third-order valence-electron chi connectivity index (χ3n) is 5.64. The Hall–Kier alpha value is -3.65. The van der Waals surface area contributed by atoms with Crippen LogP contribution < -0.4 is 14.2 Å². The van der Waals surface area contributed by atoms with Crippen LogP contribution in [0.1, 0.15) is 38.3 Å². The fourth-order valence-corrected chi connectivity index (χ4v) is 5.41. The van der Waals surface area contributed by atoms with Crippen LogP contribution in [0, 0.1) is 11.3 Å². The molecule has 1 fully saturated rings. The Bertz CT molecular complexity index is 1590. The van der Waals surface area contributed by atoms with Crippen molar-refractivity contribution in [2.75, 3.05) is 4.72 Å². The Morgan fingerprint density at radius 3 is 2.50 bits per heavy atom. The van der Waals surface area contributed by atoms with Crippen molar-refractivity contribution in [3.63, 3.8) is 0 Å². The van der Waals surface area contributed by atoms with Gasteiger partial charge in [0.25, 0.3) is 16.1 Å². The van der Waals surface area contributed by atoms with Crippen molar-refractivity contribution in [3.8, 4) is 29.0 Å². The molecule has 0 bridgehead atoms. The van der Waals surface area contributed by atoms with Gasteiger partial charge in [-0.1, -0.05) is 23.7 Å². The van der Waals surface area contributed by atoms with Crippen LogP contribution >= 0.6 is 11.6 Å². The predicted octanol–water partition coefficient (Wildman–Crippen LogP) is 5.41. The molecule has 0 radical (unpaired) electrons. The van der Waals surface area contributed by atoms with Crippen LogP contribution in [0.25, 0.3) is 22.2 Å². The summed E-state index contributed by atoms with van der Waals surface area (Å²) in [6.07, 6.45) is 4.99. The smallest absolute Gasteiger partial charge is 0.299 e. The van der Waals surface area contributed by atoms with Gasteiger partial charge in [0.1, 0.15) is 11.8 Å². The van der Waals surface area contributed by atoms with Gasteiger partial charge < -0.3 is 9.30 Å². The largest absolute Gasteiger partial charge is 0.436 e. The van der Waals surface area contributed by atoms with Crippen molar-refractivity contribution in [2.45, 2.75) is 38.8 Å². The second-order valence-electron chi connectivity index (χ2n) is 8.83. The van der Waals surface area contributed by atoms with Crippen LogP contribution in [-0.4, -0.2) is 29.0 Å². The van der Waals surface area contributed by atoms with Crippen molar-refractivity contribution in [3.05, 3.63) is 65.6 Å². The maximum atomic E-state index is 12.2. The summed E-state index contributed by atoms with van der Waals surface area (Å²) < 4.78 is 37.5. The van der Waals surface area contributed by atoms with Gasteiger partial charge >= 0.3 is 0 Å². The standard InChI is InChI=1S/C25H23ClN6O3S/c1-15(2)30-36(33,34)31-17-5-3-16(4-6-17)23-21(14-27)20-10-9-19(13-22(20)32(23)18-7-8-18)35-25-24(26)28-11-12-29-25/h3-6,9-13,15,18,30-31H,7-8H2,1-2H3. The predicted molar refractivity (Wildman–Crippen MR) is 138 cm³/mol. The number of fused-ring (bicyclic) bond motifs is 1. The van der Waals surface area contributed by atoms with Crippen LogP contribution in [0.15, 0.2) is 54.9 Å². The molecule has 0 saturated heterocycles. The first-order valence-electron chi connectivity index (χ1n) is 11.4. The third-order valence-corrected chi connectivity index (χ3v) is 7.18. The van der Waals surface area contributed by atoms with Gasteiger partial charge in [-0.05, 0) is 56.5 Å². The molecule has 1 saturated carbocycles. The number of nitriles is 1. The zero-order valence-corrected chi connectivity index (χ0v) is 21.1. The summed E-state index contributed by atoms with van der Waals surface area (Å²) >= 11 is 6.10. The molecule has 0 amide bonds. The van der Waals surface area contributed by atoms with Crippen molar-refractivity contribution >= 4 is 38.4 Å². The van der Waals surface area contributed by atoms with Crippen LogP contribution in [0.3, 0.4) is 0 Å². The second-order valence-corrected chi connectivity index (χ2v) is 10.6. The highest BCUT2D eigenvalue weighted by Crippen LogP contribution is 2.45. The first-order chi connectivity index (χ1) is 17.3. The van der Waals surface area contributed by atoms with Gasteiger partial charge in [-0.15, -0.1) is 0 Å². The number of halogens is 1. The molecule has 5 rings (SSSR count). The topological polar surface area (TPSA) is 122 Å². The molecule has 1 aliphatic rings. The Balaban J connectivity index is 1.55. The molecule has 0 unspecified atom stereocenters. The molecule has 4 aromatic rings. The number of hydrogen-bond donors (Lipinski definition) is 2. The molecule has 36 heavy (non-hydrogen) atoms. The summed E-state index contributed by atoms with van der Waals surface area (Å²) in [7, 11) is -3.68. The number of rotatable bonds is 8. The monoisotopic (exact) mass is 522 g/mol. The van der Waals surface area contributed by atoms with E-state index in [4.69, 9.17) is 16.3 Å². The molecule has 1 aliphatic carbocycles. The quantitative estimate of drug-likeness (QED) is 0.319. The highest BCUT2D eigenvalue weighted by molar-refractivity contribution is 7.90. The summed E-state index contributed by atoms with van der Waals surface area (Å²) in [6.45, 7) is 3.50.